The number of amides is 2. The highest BCUT2D eigenvalue weighted by atomic mass is 19.4. The number of aryl methyl sites for hydroxylation is 1. The highest BCUT2D eigenvalue weighted by Gasteiger charge is 2.45. The predicted octanol–water partition coefficient (Wildman–Crippen LogP) is 5.50. The summed E-state index contributed by atoms with van der Waals surface area (Å²) in [6, 6.07) is 21.8. The smallest absolute Gasteiger partial charge is 0.339 e. The van der Waals surface area contributed by atoms with Crippen molar-refractivity contribution < 1.29 is 22.8 Å². The Balaban J connectivity index is 1.64. The molecule has 194 valence electrons. The molecule has 0 saturated carbocycles. The van der Waals surface area contributed by atoms with Crippen LogP contribution >= 0.6 is 0 Å². The van der Waals surface area contributed by atoms with Gasteiger partial charge in [0, 0.05) is 23.6 Å². The Labute approximate surface area is 217 Å². The van der Waals surface area contributed by atoms with Crippen molar-refractivity contribution in [3.8, 4) is 5.69 Å². The van der Waals surface area contributed by atoms with Gasteiger partial charge >= 0.3 is 6.18 Å². The molecule has 0 saturated heterocycles. The van der Waals surface area contributed by atoms with Gasteiger partial charge < -0.3 is 5.32 Å². The Bertz CT molecular complexity index is 1480. The normalized spacial score (nSPS) is 17.3. The van der Waals surface area contributed by atoms with Crippen molar-refractivity contribution in [1.29, 1.82) is 0 Å². The summed E-state index contributed by atoms with van der Waals surface area (Å²) in [6.45, 7) is 3.98. The summed E-state index contributed by atoms with van der Waals surface area (Å²) in [5, 5.41) is 7.53. The lowest BCUT2D eigenvalue weighted by Gasteiger charge is -2.38. The van der Waals surface area contributed by atoms with Crippen LogP contribution in [-0.4, -0.2) is 34.2 Å². The van der Waals surface area contributed by atoms with Crippen LogP contribution in [0.15, 0.2) is 84.9 Å². The second-order valence-electron chi connectivity index (χ2n) is 9.07. The SMILES string of the molecule is CCN1C(=O)[C@H](NC(=O)c2cccc(C(F)(F)F)c2)[C@@H](c2ccccc2)c2c(C)nn(-c3ccccc3)c21. The average Bonchev–Trinajstić information content (AvgIpc) is 3.26. The summed E-state index contributed by atoms with van der Waals surface area (Å²) in [4.78, 5) is 28.8. The highest BCUT2D eigenvalue weighted by molar-refractivity contribution is 6.05. The summed E-state index contributed by atoms with van der Waals surface area (Å²) < 4.78 is 41.6. The minimum atomic E-state index is -4.60. The second kappa shape index (κ2) is 9.81. The fourth-order valence-electron chi connectivity index (χ4n) is 5.01. The van der Waals surface area contributed by atoms with E-state index in [1.54, 1.807) is 9.58 Å². The van der Waals surface area contributed by atoms with E-state index < -0.39 is 29.6 Å². The van der Waals surface area contributed by atoms with Crippen molar-refractivity contribution in [3.63, 3.8) is 0 Å². The molecule has 0 fully saturated rings. The monoisotopic (exact) mass is 518 g/mol. The van der Waals surface area contributed by atoms with Gasteiger partial charge in [0.05, 0.1) is 16.9 Å². The van der Waals surface area contributed by atoms with E-state index in [4.69, 9.17) is 5.10 Å². The van der Waals surface area contributed by atoms with Crippen LogP contribution in [0.4, 0.5) is 19.0 Å². The third-order valence-electron chi connectivity index (χ3n) is 6.73. The van der Waals surface area contributed by atoms with E-state index in [1.165, 1.54) is 12.1 Å². The Kier molecular flexibility index (Phi) is 6.52. The molecule has 2 amide bonds. The number of aromatic nitrogens is 2. The molecule has 1 aliphatic heterocycles. The quantitative estimate of drug-likeness (QED) is 0.380. The summed E-state index contributed by atoms with van der Waals surface area (Å²) >= 11 is 0. The van der Waals surface area contributed by atoms with Gasteiger partial charge in [-0.15, -0.1) is 0 Å². The number of carbonyl (C=O) groups is 2. The molecule has 0 bridgehead atoms. The fraction of sp³-hybridized carbons (Fsp3) is 0.207. The zero-order chi connectivity index (χ0) is 27.0. The number of benzene rings is 3. The number of para-hydroxylation sites is 1. The van der Waals surface area contributed by atoms with E-state index in [1.807, 2.05) is 74.5 Å². The number of anilines is 1. The third kappa shape index (κ3) is 4.44. The Morgan fingerprint density at radius 3 is 2.26 bits per heavy atom. The molecular weight excluding hydrogens is 493 g/mol. The Morgan fingerprint density at radius 1 is 0.974 bits per heavy atom. The van der Waals surface area contributed by atoms with Crippen LogP contribution in [0.2, 0.25) is 0 Å². The van der Waals surface area contributed by atoms with Gasteiger partial charge in [0.2, 0.25) is 0 Å². The topological polar surface area (TPSA) is 67.2 Å². The van der Waals surface area contributed by atoms with Gasteiger partial charge in [-0.25, -0.2) is 4.68 Å². The van der Waals surface area contributed by atoms with Crippen LogP contribution in [-0.2, 0) is 11.0 Å². The molecule has 1 aliphatic rings. The maximum atomic E-state index is 14.0. The molecule has 2 atom stereocenters. The summed E-state index contributed by atoms with van der Waals surface area (Å²) in [5.41, 5.74) is 1.91. The van der Waals surface area contributed by atoms with Gasteiger partial charge in [0.25, 0.3) is 11.8 Å². The fourth-order valence-corrected chi connectivity index (χ4v) is 5.01. The first kappa shape index (κ1) is 25.3. The van der Waals surface area contributed by atoms with Gasteiger partial charge in [-0.3, -0.25) is 14.5 Å². The number of carbonyl (C=O) groups excluding carboxylic acids is 2. The van der Waals surface area contributed by atoms with Crippen LogP contribution in [0.3, 0.4) is 0 Å². The number of rotatable bonds is 5. The number of nitrogens with zero attached hydrogens (tertiary/aromatic N) is 3. The lowest BCUT2D eigenvalue weighted by Crippen LogP contribution is -2.55. The molecule has 0 unspecified atom stereocenters. The van der Waals surface area contributed by atoms with Gasteiger partial charge in [0.15, 0.2) is 0 Å². The first-order valence-electron chi connectivity index (χ1n) is 12.2. The molecule has 6 nitrogen and oxygen atoms in total. The molecule has 9 heteroatoms. The van der Waals surface area contributed by atoms with E-state index >= 15 is 0 Å². The van der Waals surface area contributed by atoms with Gasteiger partial charge in [-0.05, 0) is 49.7 Å². The molecule has 0 radical (unpaired) electrons. The van der Waals surface area contributed by atoms with Crippen molar-refractivity contribution in [3.05, 3.63) is 113 Å². The van der Waals surface area contributed by atoms with E-state index in [0.29, 0.717) is 18.1 Å². The third-order valence-corrected chi connectivity index (χ3v) is 6.73. The van der Waals surface area contributed by atoms with E-state index in [9.17, 15) is 22.8 Å². The molecule has 0 spiro atoms. The number of likely N-dealkylation sites (N-methyl/N-ethyl adjacent to an activating group) is 1. The van der Waals surface area contributed by atoms with Crippen LogP contribution in [0, 0.1) is 6.92 Å². The summed E-state index contributed by atoms with van der Waals surface area (Å²) in [7, 11) is 0. The first-order valence-corrected chi connectivity index (χ1v) is 12.2. The standard InChI is InChI=1S/C29H25F3N4O2/c1-3-35-27-23(18(2)34-36(27)22-15-8-5-9-16-22)24(19-11-6-4-7-12-19)25(28(35)38)33-26(37)20-13-10-14-21(17-20)29(30,31)32/h4-17,24-25H,3H2,1-2H3,(H,33,37)/t24-,25+/m0/s1. The first-order chi connectivity index (χ1) is 18.2. The molecule has 0 aliphatic carbocycles. The molecule has 2 heterocycles. The summed E-state index contributed by atoms with van der Waals surface area (Å²) in [6.07, 6.45) is -4.60. The lowest BCUT2D eigenvalue weighted by molar-refractivity contribution is -0.137. The van der Waals surface area contributed by atoms with Crippen LogP contribution in [0.1, 0.15) is 45.6 Å². The summed E-state index contributed by atoms with van der Waals surface area (Å²) in [5.74, 6) is -1.12. The van der Waals surface area contributed by atoms with Crippen molar-refractivity contribution >= 4 is 17.6 Å². The molecule has 1 aromatic heterocycles. The van der Waals surface area contributed by atoms with E-state index in [2.05, 4.69) is 5.32 Å². The molecule has 1 N–H and O–H groups in total. The molecule has 5 rings (SSSR count). The largest absolute Gasteiger partial charge is 0.416 e. The molecular formula is C29H25F3N4O2. The minimum Gasteiger partial charge on any atom is -0.339 e. The lowest BCUT2D eigenvalue weighted by atomic mass is 9.81. The van der Waals surface area contributed by atoms with Gasteiger partial charge in [0.1, 0.15) is 11.9 Å². The molecule has 38 heavy (non-hydrogen) atoms. The zero-order valence-electron chi connectivity index (χ0n) is 20.7. The number of alkyl halides is 3. The van der Waals surface area contributed by atoms with Crippen molar-refractivity contribution in [1.82, 2.24) is 15.1 Å². The molecule has 3 aromatic carbocycles. The Morgan fingerprint density at radius 2 is 1.63 bits per heavy atom. The number of fused-ring (bicyclic) bond motifs is 1. The predicted molar refractivity (Wildman–Crippen MR) is 137 cm³/mol. The van der Waals surface area contributed by atoms with E-state index in [0.717, 1.165) is 28.9 Å². The van der Waals surface area contributed by atoms with Gasteiger partial charge in [-0.1, -0.05) is 54.6 Å². The van der Waals surface area contributed by atoms with Crippen molar-refractivity contribution in [2.24, 2.45) is 0 Å². The number of hydrogen-bond acceptors (Lipinski definition) is 3. The Hall–Kier alpha value is -4.40. The van der Waals surface area contributed by atoms with Crippen LogP contribution in [0.5, 0.6) is 0 Å². The number of hydrogen-bond donors (Lipinski definition) is 1. The average molecular weight is 519 g/mol. The highest BCUT2D eigenvalue weighted by Crippen LogP contribution is 2.43. The van der Waals surface area contributed by atoms with E-state index in [-0.39, 0.29) is 11.5 Å². The van der Waals surface area contributed by atoms with Gasteiger partial charge in [-0.2, -0.15) is 18.3 Å². The zero-order valence-corrected chi connectivity index (χ0v) is 20.7. The number of nitrogens with one attached hydrogen (secondary N) is 1. The molecule has 4 aromatic rings. The van der Waals surface area contributed by atoms with Crippen LogP contribution in [0.25, 0.3) is 5.69 Å². The van der Waals surface area contributed by atoms with Crippen molar-refractivity contribution in [2.75, 3.05) is 11.4 Å². The maximum absolute atomic E-state index is 14.0. The minimum absolute atomic E-state index is 0.176. The second-order valence-corrected chi connectivity index (χ2v) is 9.07. The van der Waals surface area contributed by atoms with Crippen molar-refractivity contribution in [2.45, 2.75) is 32.0 Å². The van der Waals surface area contributed by atoms with Crippen LogP contribution < -0.4 is 10.2 Å². The maximum Gasteiger partial charge on any atom is 0.416 e. The number of halogens is 3.